The standard InChI is InChI=1S/C19H22FN5O2/c1-14-10-22-18(23-11-14)24-6-3-19(20,4-7-24)17(26)25-8-9-27-16-2-5-21-12-15(16)13-25/h2,5,10-12H,3-4,6-9,13H2,1H3. The van der Waals surface area contributed by atoms with Crippen molar-refractivity contribution in [3.63, 3.8) is 0 Å². The van der Waals surface area contributed by atoms with Crippen LogP contribution in [0.1, 0.15) is 24.0 Å². The van der Waals surface area contributed by atoms with Crippen LogP contribution < -0.4 is 9.64 Å². The van der Waals surface area contributed by atoms with E-state index >= 15 is 4.39 Å². The molecule has 2 aliphatic heterocycles. The molecule has 2 aromatic rings. The van der Waals surface area contributed by atoms with E-state index in [4.69, 9.17) is 4.74 Å². The van der Waals surface area contributed by atoms with Gasteiger partial charge in [-0.1, -0.05) is 0 Å². The molecule has 1 saturated heterocycles. The second-order valence-corrected chi connectivity index (χ2v) is 7.07. The van der Waals surface area contributed by atoms with Gasteiger partial charge in [-0.25, -0.2) is 14.4 Å². The SMILES string of the molecule is Cc1cnc(N2CCC(F)(C(=O)N3CCOc4ccncc4C3)CC2)nc1. The van der Waals surface area contributed by atoms with Crippen molar-refractivity contribution in [3.8, 4) is 5.75 Å². The quantitative estimate of drug-likeness (QED) is 0.803. The summed E-state index contributed by atoms with van der Waals surface area (Å²) in [4.78, 5) is 29.1. The molecule has 0 N–H and O–H groups in total. The number of fused-ring (bicyclic) bond motifs is 1. The predicted molar refractivity (Wildman–Crippen MR) is 97.2 cm³/mol. The summed E-state index contributed by atoms with van der Waals surface area (Å²) in [6.45, 7) is 3.77. The fourth-order valence-electron chi connectivity index (χ4n) is 3.51. The Balaban J connectivity index is 1.44. The van der Waals surface area contributed by atoms with Crippen LogP contribution in [0.2, 0.25) is 0 Å². The van der Waals surface area contributed by atoms with Crippen LogP contribution in [0, 0.1) is 6.92 Å². The lowest BCUT2D eigenvalue weighted by Crippen LogP contribution is -2.53. The molecule has 7 nitrogen and oxygen atoms in total. The average molecular weight is 371 g/mol. The smallest absolute Gasteiger partial charge is 0.260 e. The Kier molecular flexibility index (Phi) is 4.63. The topological polar surface area (TPSA) is 71.5 Å². The van der Waals surface area contributed by atoms with Gasteiger partial charge in [0.1, 0.15) is 12.4 Å². The lowest BCUT2D eigenvalue weighted by molar-refractivity contribution is -0.146. The summed E-state index contributed by atoms with van der Waals surface area (Å²) >= 11 is 0. The van der Waals surface area contributed by atoms with Crippen molar-refractivity contribution >= 4 is 11.9 Å². The lowest BCUT2D eigenvalue weighted by atomic mass is 9.91. The highest BCUT2D eigenvalue weighted by atomic mass is 19.1. The lowest BCUT2D eigenvalue weighted by Gasteiger charge is -2.37. The van der Waals surface area contributed by atoms with E-state index in [0.717, 1.165) is 11.1 Å². The summed E-state index contributed by atoms with van der Waals surface area (Å²) in [6.07, 6.45) is 7.06. The van der Waals surface area contributed by atoms with E-state index in [1.807, 2.05) is 11.8 Å². The third kappa shape index (κ3) is 3.56. The molecule has 1 amide bonds. The van der Waals surface area contributed by atoms with Crippen molar-refractivity contribution in [1.82, 2.24) is 19.9 Å². The molecule has 4 rings (SSSR count). The van der Waals surface area contributed by atoms with Gasteiger partial charge in [0.2, 0.25) is 5.95 Å². The first-order chi connectivity index (χ1) is 13.0. The van der Waals surface area contributed by atoms with Crippen LogP contribution in [0.4, 0.5) is 10.3 Å². The maximum absolute atomic E-state index is 15.5. The maximum atomic E-state index is 15.5. The first-order valence-corrected chi connectivity index (χ1v) is 9.13. The van der Waals surface area contributed by atoms with Gasteiger partial charge < -0.3 is 14.5 Å². The van der Waals surface area contributed by atoms with Gasteiger partial charge in [0, 0.05) is 56.3 Å². The van der Waals surface area contributed by atoms with Crippen molar-refractivity contribution in [2.45, 2.75) is 32.0 Å². The summed E-state index contributed by atoms with van der Waals surface area (Å²) < 4.78 is 21.1. The van der Waals surface area contributed by atoms with Gasteiger partial charge in [0.15, 0.2) is 5.67 Å². The molecule has 0 saturated carbocycles. The molecular weight excluding hydrogens is 349 g/mol. The number of halogens is 1. The molecule has 0 unspecified atom stereocenters. The van der Waals surface area contributed by atoms with Crippen LogP contribution in [0.5, 0.6) is 5.75 Å². The van der Waals surface area contributed by atoms with Crippen molar-refractivity contribution in [1.29, 1.82) is 0 Å². The predicted octanol–water partition coefficient (Wildman–Crippen LogP) is 1.91. The van der Waals surface area contributed by atoms with E-state index in [9.17, 15) is 4.79 Å². The molecule has 0 aromatic carbocycles. The van der Waals surface area contributed by atoms with E-state index in [2.05, 4.69) is 15.0 Å². The van der Waals surface area contributed by atoms with Crippen LogP contribution >= 0.6 is 0 Å². The second-order valence-electron chi connectivity index (χ2n) is 7.07. The number of pyridine rings is 1. The number of alkyl halides is 1. The van der Waals surface area contributed by atoms with Gasteiger partial charge in [-0.15, -0.1) is 0 Å². The summed E-state index contributed by atoms with van der Waals surface area (Å²) in [6, 6.07) is 1.77. The van der Waals surface area contributed by atoms with Crippen molar-refractivity contribution < 1.29 is 13.9 Å². The first kappa shape index (κ1) is 17.6. The van der Waals surface area contributed by atoms with E-state index in [-0.39, 0.29) is 12.8 Å². The number of hydrogen-bond acceptors (Lipinski definition) is 6. The fraction of sp³-hybridized carbons (Fsp3) is 0.474. The van der Waals surface area contributed by atoms with Crippen molar-refractivity contribution in [2.24, 2.45) is 0 Å². The van der Waals surface area contributed by atoms with E-state index in [1.54, 1.807) is 35.8 Å². The van der Waals surface area contributed by atoms with E-state index in [1.165, 1.54) is 0 Å². The van der Waals surface area contributed by atoms with E-state index < -0.39 is 11.6 Å². The summed E-state index contributed by atoms with van der Waals surface area (Å²) in [5.41, 5.74) is -0.0881. The highest BCUT2D eigenvalue weighted by molar-refractivity contribution is 5.85. The summed E-state index contributed by atoms with van der Waals surface area (Å²) in [5, 5.41) is 0. The zero-order valence-corrected chi connectivity index (χ0v) is 15.3. The first-order valence-electron chi connectivity index (χ1n) is 9.13. The highest BCUT2D eigenvalue weighted by Crippen LogP contribution is 2.32. The summed E-state index contributed by atoms with van der Waals surface area (Å²) in [5.74, 6) is 0.824. The number of aryl methyl sites for hydroxylation is 1. The highest BCUT2D eigenvalue weighted by Gasteiger charge is 2.45. The Hall–Kier alpha value is -2.77. The minimum Gasteiger partial charge on any atom is -0.491 e. The molecule has 4 heterocycles. The van der Waals surface area contributed by atoms with Crippen LogP contribution in [0.3, 0.4) is 0 Å². The number of carbonyl (C=O) groups excluding carboxylic acids is 1. The molecule has 142 valence electrons. The van der Waals surface area contributed by atoms with Crippen LogP contribution in [-0.2, 0) is 11.3 Å². The molecule has 2 aliphatic rings. The van der Waals surface area contributed by atoms with Crippen molar-refractivity contribution in [2.75, 3.05) is 31.1 Å². The molecular formula is C19H22FN5O2. The number of ether oxygens (including phenoxy) is 1. The van der Waals surface area contributed by atoms with Crippen molar-refractivity contribution in [3.05, 3.63) is 42.0 Å². The molecule has 8 heteroatoms. The number of nitrogens with zero attached hydrogens (tertiary/aromatic N) is 5. The molecule has 1 fully saturated rings. The van der Waals surface area contributed by atoms with Gasteiger partial charge in [-0.05, 0) is 18.6 Å². The third-order valence-corrected chi connectivity index (χ3v) is 5.12. The number of anilines is 1. The second kappa shape index (κ2) is 7.09. The number of aromatic nitrogens is 3. The Labute approximate surface area is 157 Å². The molecule has 0 radical (unpaired) electrons. The Bertz CT molecular complexity index is 821. The molecule has 0 aliphatic carbocycles. The van der Waals surface area contributed by atoms with Crippen LogP contribution in [0.15, 0.2) is 30.9 Å². The molecule has 2 aromatic heterocycles. The average Bonchev–Trinajstić information content (AvgIpc) is 2.91. The molecule has 0 atom stereocenters. The Morgan fingerprint density at radius 2 is 1.93 bits per heavy atom. The number of amides is 1. The minimum absolute atomic E-state index is 0.125. The fourth-order valence-corrected chi connectivity index (χ4v) is 3.51. The Morgan fingerprint density at radius 3 is 2.67 bits per heavy atom. The van der Waals surface area contributed by atoms with Gasteiger partial charge in [-0.3, -0.25) is 9.78 Å². The van der Waals surface area contributed by atoms with Crippen LogP contribution in [0.25, 0.3) is 0 Å². The number of rotatable bonds is 2. The number of carbonyl (C=O) groups is 1. The van der Waals surface area contributed by atoms with Gasteiger partial charge >= 0.3 is 0 Å². The third-order valence-electron chi connectivity index (χ3n) is 5.12. The van der Waals surface area contributed by atoms with Gasteiger partial charge in [-0.2, -0.15) is 0 Å². The number of piperidine rings is 1. The molecule has 0 spiro atoms. The molecule has 27 heavy (non-hydrogen) atoms. The number of hydrogen-bond donors (Lipinski definition) is 0. The van der Waals surface area contributed by atoms with Crippen LogP contribution in [-0.4, -0.2) is 57.7 Å². The maximum Gasteiger partial charge on any atom is 0.260 e. The monoisotopic (exact) mass is 371 g/mol. The van der Waals surface area contributed by atoms with Gasteiger partial charge in [0.25, 0.3) is 5.91 Å². The van der Waals surface area contributed by atoms with Gasteiger partial charge in [0.05, 0.1) is 13.1 Å². The minimum atomic E-state index is -1.87. The zero-order chi connectivity index (χ0) is 18.9. The van der Waals surface area contributed by atoms with E-state index in [0.29, 0.717) is 44.5 Å². The summed E-state index contributed by atoms with van der Waals surface area (Å²) in [7, 11) is 0. The molecule has 0 bridgehead atoms. The zero-order valence-electron chi connectivity index (χ0n) is 15.3. The Morgan fingerprint density at radius 1 is 1.19 bits per heavy atom. The largest absolute Gasteiger partial charge is 0.491 e. The normalized spacial score (nSPS) is 19.0.